The highest BCUT2D eigenvalue weighted by Gasteiger charge is 2.39. The van der Waals surface area contributed by atoms with Gasteiger partial charge in [-0.15, -0.1) is 0 Å². The lowest BCUT2D eigenvalue weighted by Crippen LogP contribution is -2.46. The van der Waals surface area contributed by atoms with E-state index >= 15 is 0 Å². The molecule has 0 spiro atoms. The second kappa shape index (κ2) is 7.07. The molecule has 1 aliphatic rings. The average molecular weight is 358 g/mol. The van der Waals surface area contributed by atoms with Crippen LogP contribution in [0.4, 0.5) is 5.82 Å². The van der Waals surface area contributed by atoms with Crippen LogP contribution in [0.25, 0.3) is 0 Å². The van der Waals surface area contributed by atoms with Gasteiger partial charge in [0.1, 0.15) is 22.7 Å². The van der Waals surface area contributed by atoms with Gasteiger partial charge in [0, 0.05) is 26.3 Å². The number of carbonyl (C=O) groups is 1. The Balaban J connectivity index is 1.71. The summed E-state index contributed by atoms with van der Waals surface area (Å²) in [5, 5.41) is 15.0. The van der Waals surface area contributed by atoms with Crippen molar-refractivity contribution in [3.8, 4) is 0 Å². The molecule has 7 nitrogen and oxygen atoms in total. The van der Waals surface area contributed by atoms with Crippen LogP contribution in [-0.2, 0) is 0 Å². The van der Waals surface area contributed by atoms with Gasteiger partial charge in [-0.25, -0.2) is 4.98 Å². The van der Waals surface area contributed by atoms with Crippen LogP contribution in [0.15, 0.2) is 28.9 Å². The molecule has 3 heterocycles. The summed E-state index contributed by atoms with van der Waals surface area (Å²) in [6, 6.07) is 5.72. The SMILES string of the molecule is Cc1onc(C(C)C)c1C(=O)N(C)C[C@@]1(O)CCN(c2ccccn2)C1. The van der Waals surface area contributed by atoms with E-state index in [1.807, 2.05) is 36.9 Å². The van der Waals surface area contributed by atoms with E-state index in [1.54, 1.807) is 25.1 Å². The van der Waals surface area contributed by atoms with Crippen LogP contribution in [0.5, 0.6) is 0 Å². The van der Waals surface area contributed by atoms with E-state index in [0.29, 0.717) is 36.5 Å². The van der Waals surface area contributed by atoms with E-state index in [-0.39, 0.29) is 18.4 Å². The van der Waals surface area contributed by atoms with Crippen molar-refractivity contribution in [1.29, 1.82) is 0 Å². The topological polar surface area (TPSA) is 82.7 Å². The van der Waals surface area contributed by atoms with Crippen molar-refractivity contribution in [2.24, 2.45) is 0 Å². The Hall–Kier alpha value is -2.41. The van der Waals surface area contributed by atoms with Crippen molar-refractivity contribution in [2.45, 2.75) is 38.7 Å². The lowest BCUT2D eigenvalue weighted by molar-refractivity contribution is 0.0263. The van der Waals surface area contributed by atoms with Crippen molar-refractivity contribution >= 4 is 11.7 Å². The number of aromatic nitrogens is 2. The normalized spacial score (nSPS) is 20.0. The summed E-state index contributed by atoms with van der Waals surface area (Å²) in [6.45, 7) is 7.09. The van der Waals surface area contributed by atoms with Crippen molar-refractivity contribution in [3.63, 3.8) is 0 Å². The molecule has 0 aliphatic carbocycles. The van der Waals surface area contributed by atoms with Gasteiger partial charge in [0.25, 0.3) is 5.91 Å². The lowest BCUT2D eigenvalue weighted by atomic mass is 10.0. The summed E-state index contributed by atoms with van der Waals surface area (Å²) in [6.07, 6.45) is 2.32. The van der Waals surface area contributed by atoms with Crippen LogP contribution >= 0.6 is 0 Å². The number of carbonyl (C=O) groups excluding carboxylic acids is 1. The third kappa shape index (κ3) is 3.58. The standard InChI is InChI=1S/C19H26N4O3/c1-13(2)17-16(14(3)26-21-17)18(24)22(4)11-19(25)8-10-23(12-19)15-7-5-6-9-20-15/h5-7,9,13,25H,8,10-12H2,1-4H3/t19-/m0/s1. The number of anilines is 1. The van der Waals surface area contributed by atoms with Gasteiger partial charge in [0.15, 0.2) is 0 Å². The third-order valence-corrected chi connectivity index (χ3v) is 4.83. The Morgan fingerprint density at radius 1 is 1.46 bits per heavy atom. The number of aliphatic hydroxyl groups is 1. The van der Waals surface area contributed by atoms with Crippen LogP contribution in [0, 0.1) is 6.92 Å². The minimum atomic E-state index is -0.967. The highest BCUT2D eigenvalue weighted by Crippen LogP contribution is 2.28. The maximum Gasteiger partial charge on any atom is 0.259 e. The van der Waals surface area contributed by atoms with Crippen molar-refractivity contribution in [3.05, 3.63) is 41.4 Å². The average Bonchev–Trinajstić information content (AvgIpc) is 3.18. The van der Waals surface area contributed by atoms with E-state index in [0.717, 1.165) is 5.82 Å². The Morgan fingerprint density at radius 3 is 2.88 bits per heavy atom. The van der Waals surface area contributed by atoms with E-state index in [1.165, 1.54) is 0 Å². The molecule has 26 heavy (non-hydrogen) atoms. The highest BCUT2D eigenvalue weighted by atomic mass is 16.5. The number of amides is 1. The number of hydrogen-bond donors (Lipinski definition) is 1. The molecule has 1 amide bonds. The fourth-order valence-corrected chi connectivity index (χ4v) is 3.47. The van der Waals surface area contributed by atoms with Gasteiger partial charge in [-0.05, 0) is 31.4 Å². The number of pyridine rings is 1. The van der Waals surface area contributed by atoms with Gasteiger partial charge < -0.3 is 19.4 Å². The number of hydrogen-bond acceptors (Lipinski definition) is 6. The molecular formula is C19H26N4O3. The smallest absolute Gasteiger partial charge is 0.259 e. The number of β-amino-alcohol motifs (C(OH)–C–C–N with tert-alkyl or cyclic N) is 1. The Bertz CT molecular complexity index is 774. The summed E-state index contributed by atoms with van der Waals surface area (Å²) >= 11 is 0. The Labute approximate surface area is 153 Å². The molecule has 1 atom stereocenters. The molecule has 1 N–H and O–H groups in total. The first-order chi connectivity index (χ1) is 12.3. The fourth-order valence-electron chi connectivity index (χ4n) is 3.47. The molecule has 2 aromatic rings. The predicted molar refractivity (Wildman–Crippen MR) is 98.3 cm³/mol. The summed E-state index contributed by atoms with van der Waals surface area (Å²) in [5.74, 6) is 1.28. The molecule has 7 heteroatoms. The predicted octanol–water partition coefficient (Wildman–Crippen LogP) is 2.21. The summed E-state index contributed by atoms with van der Waals surface area (Å²) < 4.78 is 5.22. The van der Waals surface area contributed by atoms with Crippen molar-refractivity contribution < 1.29 is 14.4 Å². The molecule has 3 rings (SSSR count). The van der Waals surface area contributed by atoms with E-state index < -0.39 is 5.60 Å². The van der Waals surface area contributed by atoms with Gasteiger partial charge >= 0.3 is 0 Å². The number of likely N-dealkylation sites (N-methyl/N-ethyl adjacent to an activating group) is 1. The fraction of sp³-hybridized carbons (Fsp3) is 0.526. The van der Waals surface area contributed by atoms with Crippen LogP contribution in [0.3, 0.4) is 0 Å². The lowest BCUT2D eigenvalue weighted by Gasteiger charge is -2.29. The molecular weight excluding hydrogens is 332 g/mol. The van der Waals surface area contributed by atoms with E-state index in [4.69, 9.17) is 4.52 Å². The molecule has 1 saturated heterocycles. The van der Waals surface area contributed by atoms with Crippen LogP contribution in [0.2, 0.25) is 0 Å². The maximum absolute atomic E-state index is 12.9. The second-order valence-electron chi connectivity index (χ2n) is 7.40. The Kier molecular flexibility index (Phi) is 5.00. The van der Waals surface area contributed by atoms with E-state index in [2.05, 4.69) is 10.1 Å². The molecule has 1 fully saturated rings. The van der Waals surface area contributed by atoms with Crippen LogP contribution < -0.4 is 4.90 Å². The summed E-state index contributed by atoms with van der Waals surface area (Å²) in [4.78, 5) is 20.9. The summed E-state index contributed by atoms with van der Waals surface area (Å²) in [5.41, 5.74) is 0.198. The maximum atomic E-state index is 12.9. The first-order valence-corrected chi connectivity index (χ1v) is 8.91. The first-order valence-electron chi connectivity index (χ1n) is 8.91. The molecule has 0 saturated carbocycles. The van der Waals surface area contributed by atoms with Gasteiger partial charge in [0.05, 0.1) is 12.2 Å². The Morgan fingerprint density at radius 2 is 2.23 bits per heavy atom. The molecule has 0 unspecified atom stereocenters. The van der Waals surface area contributed by atoms with Crippen LogP contribution in [-0.4, -0.2) is 58.3 Å². The second-order valence-corrected chi connectivity index (χ2v) is 7.40. The van der Waals surface area contributed by atoms with Crippen molar-refractivity contribution in [1.82, 2.24) is 15.0 Å². The zero-order chi connectivity index (χ0) is 18.9. The van der Waals surface area contributed by atoms with E-state index in [9.17, 15) is 9.90 Å². The number of aryl methyl sites for hydroxylation is 1. The zero-order valence-corrected chi connectivity index (χ0v) is 15.8. The number of nitrogens with zero attached hydrogens (tertiary/aromatic N) is 4. The van der Waals surface area contributed by atoms with Crippen LogP contribution in [0.1, 0.15) is 48.0 Å². The largest absolute Gasteiger partial charge is 0.386 e. The van der Waals surface area contributed by atoms with Gasteiger partial charge in [-0.3, -0.25) is 4.79 Å². The molecule has 0 bridgehead atoms. The number of rotatable bonds is 5. The third-order valence-electron chi connectivity index (χ3n) is 4.83. The van der Waals surface area contributed by atoms with Gasteiger partial charge in [-0.1, -0.05) is 25.1 Å². The molecule has 1 aliphatic heterocycles. The summed E-state index contributed by atoms with van der Waals surface area (Å²) in [7, 11) is 1.71. The minimum Gasteiger partial charge on any atom is -0.386 e. The quantitative estimate of drug-likeness (QED) is 0.882. The zero-order valence-electron chi connectivity index (χ0n) is 15.8. The first kappa shape index (κ1) is 18.4. The van der Waals surface area contributed by atoms with Gasteiger partial charge in [0.2, 0.25) is 0 Å². The van der Waals surface area contributed by atoms with Crippen molar-refractivity contribution in [2.75, 3.05) is 31.6 Å². The van der Waals surface area contributed by atoms with Gasteiger partial charge in [-0.2, -0.15) is 0 Å². The molecule has 2 aromatic heterocycles. The molecule has 0 radical (unpaired) electrons. The molecule has 0 aromatic carbocycles. The monoisotopic (exact) mass is 358 g/mol. The highest BCUT2D eigenvalue weighted by molar-refractivity contribution is 5.96. The minimum absolute atomic E-state index is 0.0917. The molecule has 140 valence electrons.